The van der Waals surface area contributed by atoms with Gasteiger partial charge in [-0.1, -0.05) is 41.9 Å². The topological polar surface area (TPSA) is 63.3 Å². The van der Waals surface area contributed by atoms with Gasteiger partial charge in [-0.15, -0.1) is 10.2 Å². The highest BCUT2D eigenvalue weighted by Crippen LogP contribution is 2.28. The SMILES string of the molecule is C/C(=N\Nc1ccc(Cl)nn1)c1cc2c(ccc3ccccc32)o1. The second-order valence-corrected chi connectivity index (χ2v) is 5.75. The standard InChI is InChI=1S/C18H13ClN4O/c1-11(20-22-18-9-8-17(19)21-23-18)16-10-14-13-5-3-2-4-12(13)6-7-15(14)24-16/h2-10H,1H3,(H,22,23)/b20-11+. The van der Waals surface area contributed by atoms with Crippen LogP contribution < -0.4 is 5.43 Å². The van der Waals surface area contributed by atoms with Crippen LogP contribution >= 0.6 is 11.6 Å². The zero-order valence-electron chi connectivity index (χ0n) is 12.8. The second kappa shape index (κ2) is 5.94. The fourth-order valence-corrected chi connectivity index (χ4v) is 2.64. The summed E-state index contributed by atoms with van der Waals surface area (Å²) in [5.41, 5.74) is 4.40. The van der Waals surface area contributed by atoms with Crippen LogP contribution in [-0.2, 0) is 0 Å². The van der Waals surface area contributed by atoms with Crippen LogP contribution in [0.2, 0.25) is 5.15 Å². The number of furan rings is 1. The van der Waals surface area contributed by atoms with Gasteiger partial charge < -0.3 is 4.42 Å². The molecule has 0 spiro atoms. The van der Waals surface area contributed by atoms with Gasteiger partial charge in [0.25, 0.3) is 0 Å². The van der Waals surface area contributed by atoms with E-state index in [1.807, 2.05) is 31.2 Å². The van der Waals surface area contributed by atoms with Crippen LogP contribution in [0.5, 0.6) is 0 Å². The van der Waals surface area contributed by atoms with Gasteiger partial charge in [0.05, 0.1) is 0 Å². The number of hydrazone groups is 1. The summed E-state index contributed by atoms with van der Waals surface area (Å²) >= 11 is 5.71. The van der Waals surface area contributed by atoms with Gasteiger partial charge >= 0.3 is 0 Å². The Kier molecular flexibility index (Phi) is 3.63. The number of anilines is 1. The van der Waals surface area contributed by atoms with Gasteiger partial charge in [-0.3, -0.25) is 5.43 Å². The van der Waals surface area contributed by atoms with Crippen LogP contribution in [0.15, 0.2) is 64.1 Å². The molecular weight excluding hydrogens is 324 g/mol. The third kappa shape index (κ3) is 2.70. The number of hydrogen-bond donors (Lipinski definition) is 1. The molecule has 118 valence electrons. The summed E-state index contributed by atoms with van der Waals surface area (Å²) in [4.78, 5) is 0. The summed E-state index contributed by atoms with van der Waals surface area (Å²) in [6, 6.07) is 17.6. The summed E-state index contributed by atoms with van der Waals surface area (Å²) in [5, 5.41) is 15.7. The molecule has 5 nitrogen and oxygen atoms in total. The Morgan fingerprint density at radius 2 is 1.92 bits per heavy atom. The van der Waals surface area contributed by atoms with Crippen molar-refractivity contribution in [2.45, 2.75) is 6.92 Å². The first-order valence-corrected chi connectivity index (χ1v) is 7.80. The van der Waals surface area contributed by atoms with E-state index in [4.69, 9.17) is 16.0 Å². The molecule has 0 atom stereocenters. The number of halogens is 1. The lowest BCUT2D eigenvalue weighted by atomic mass is 10.1. The van der Waals surface area contributed by atoms with Gasteiger partial charge in [-0.25, -0.2) is 0 Å². The monoisotopic (exact) mass is 336 g/mol. The summed E-state index contributed by atoms with van der Waals surface area (Å²) in [6.45, 7) is 1.87. The highest BCUT2D eigenvalue weighted by Gasteiger charge is 2.09. The van der Waals surface area contributed by atoms with E-state index in [-0.39, 0.29) is 0 Å². The van der Waals surface area contributed by atoms with E-state index in [9.17, 15) is 0 Å². The number of hydrogen-bond acceptors (Lipinski definition) is 5. The average molecular weight is 337 g/mol. The molecule has 2 heterocycles. The number of aromatic nitrogens is 2. The van der Waals surface area contributed by atoms with Gasteiger partial charge in [0.15, 0.2) is 16.7 Å². The smallest absolute Gasteiger partial charge is 0.168 e. The second-order valence-electron chi connectivity index (χ2n) is 5.36. The minimum Gasteiger partial charge on any atom is -0.455 e. The van der Waals surface area contributed by atoms with Crippen molar-refractivity contribution in [3.05, 3.63) is 65.5 Å². The van der Waals surface area contributed by atoms with E-state index >= 15 is 0 Å². The predicted octanol–water partition coefficient (Wildman–Crippen LogP) is 4.87. The fourth-order valence-electron chi connectivity index (χ4n) is 2.54. The van der Waals surface area contributed by atoms with E-state index in [1.54, 1.807) is 12.1 Å². The van der Waals surface area contributed by atoms with Gasteiger partial charge in [0.1, 0.15) is 11.3 Å². The Morgan fingerprint density at radius 3 is 2.75 bits per heavy atom. The predicted molar refractivity (Wildman–Crippen MR) is 96.6 cm³/mol. The lowest BCUT2D eigenvalue weighted by molar-refractivity contribution is 0.604. The normalized spacial score (nSPS) is 12.0. The highest BCUT2D eigenvalue weighted by molar-refractivity contribution is 6.29. The number of fused-ring (bicyclic) bond motifs is 3. The van der Waals surface area contributed by atoms with Crippen LogP contribution in [0.3, 0.4) is 0 Å². The van der Waals surface area contributed by atoms with Crippen molar-refractivity contribution in [2.75, 3.05) is 5.43 Å². The maximum absolute atomic E-state index is 5.92. The molecule has 0 saturated carbocycles. The molecule has 2 aromatic heterocycles. The Balaban J connectivity index is 1.69. The molecule has 24 heavy (non-hydrogen) atoms. The minimum atomic E-state index is 0.338. The molecule has 0 radical (unpaired) electrons. The largest absolute Gasteiger partial charge is 0.455 e. The van der Waals surface area contributed by atoms with Crippen molar-refractivity contribution in [2.24, 2.45) is 5.10 Å². The molecule has 0 bridgehead atoms. The number of nitrogens with one attached hydrogen (secondary N) is 1. The zero-order chi connectivity index (χ0) is 16.5. The van der Waals surface area contributed by atoms with Crippen LogP contribution in [0.25, 0.3) is 21.7 Å². The van der Waals surface area contributed by atoms with Gasteiger partial charge in [-0.2, -0.15) is 5.10 Å². The lowest BCUT2D eigenvalue weighted by Crippen LogP contribution is -2.00. The van der Waals surface area contributed by atoms with Crippen LogP contribution in [0.1, 0.15) is 12.7 Å². The molecule has 6 heteroatoms. The Hall–Kier alpha value is -2.92. The van der Waals surface area contributed by atoms with E-state index in [0.29, 0.717) is 22.4 Å². The minimum absolute atomic E-state index is 0.338. The summed E-state index contributed by atoms with van der Waals surface area (Å²) in [6.07, 6.45) is 0. The lowest BCUT2D eigenvalue weighted by Gasteiger charge is -1.99. The molecule has 1 N–H and O–H groups in total. The molecule has 0 unspecified atom stereocenters. The van der Waals surface area contributed by atoms with E-state index in [2.05, 4.69) is 38.9 Å². The molecule has 0 aliphatic heterocycles. The van der Waals surface area contributed by atoms with Crippen molar-refractivity contribution in [3.63, 3.8) is 0 Å². The van der Waals surface area contributed by atoms with Crippen LogP contribution in [0.4, 0.5) is 5.82 Å². The van der Waals surface area contributed by atoms with Gasteiger partial charge in [0.2, 0.25) is 0 Å². The summed E-state index contributed by atoms with van der Waals surface area (Å²) in [5.74, 6) is 1.22. The third-order valence-corrected chi connectivity index (χ3v) is 3.95. The summed E-state index contributed by atoms with van der Waals surface area (Å²) in [7, 11) is 0. The van der Waals surface area contributed by atoms with E-state index in [1.165, 1.54) is 5.39 Å². The molecule has 4 aromatic rings. The Bertz CT molecular complexity index is 1050. The Labute approximate surface area is 143 Å². The quantitative estimate of drug-likeness (QED) is 0.428. The molecular formula is C18H13ClN4O. The first kappa shape index (κ1) is 14.7. The number of rotatable bonds is 3. The first-order chi connectivity index (χ1) is 11.7. The molecule has 0 aliphatic rings. The highest BCUT2D eigenvalue weighted by atomic mass is 35.5. The van der Waals surface area contributed by atoms with Crippen LogP contribution in [0, 0.1) is 0 Å². The number of benzene rings is 2. The fraction of sp³-hybridized carbons (Fsp3) is 0.0556. The van der Waals surface area contributed by atoms with Crippen molar-refractivity contribution in [3.8, 4) is 0 Å². The third-order valence-electron chi connectivity index (χ3n) is 3.75. The maximum Gasteiger partial charge on any atom is 0.168 e. The van der Waals surface area contributed by atoms with Crippen molar-refractivity contribution in [1.82, 2.24) is 10.2 Å². The van der Waals surface area contributed by atoms with Crippen molar-refractivity contribution >= 4 is 44.9 Å². The van der Waals surface area contributed by atoms with E-state index in [0.717, 1.165) is 16.4 Å². The molecule has 0 aliphatic carbocycles. The molecule has 0 amide bonds. The van der Waals surface area contributed by atoms with Crippen LogP contribution in [-0.4, -0.2) is 15.9 Å². The van der Waals surface area contributed by atoms with Crippen molar-refractivity contribution in [1.29, 1.82) is 0 Å². The molecule has 4 rings (SSSR count). The van der Waals surface area contributed by atoms with Gasteiger partial charge in [-0.05, 0) is 42.0 Å². The molecule has 2 aromatic carbocycles. The Morgan fingerprint density at radius 1 is 1.04 bits per heavy atom. The summed E-state index contributed by atoms with van der Waals surface area (Å²) < 4.78 is 5.92. The van der Waals surface area contributed by atoms with E-state index < -0.39 is 0 Å². The number of nitrogens with zero attached hydrogens (tertiary/aromatic N) is 3. The van der Waals surface area contributed by atoms with Gasteiger partial charge in [0, 0.05) is 5.39 Å². The first-order valence-electron chi connectivity index (χ1n) is 7.42. The van der Waals surface area contributed by atoms with Crippen molar-refractivity contribution < 1.29 is 4.42 Å². The molecule has 0 fully saturated rings. The molecule has 0 saturated heterocycles. The average Bonchev–Trinajstić information content (AvgIpc) is 3.06. The maximum atomic E-state index is 5.92. The zero-order valence-corrected chi connectivity index (χ0v) is 13.6.